The second-order valence-electron chi connectivity index (χ2n) is 4.33. The molecule has 3 nitrogen and oxygen atoms in total. The van der Waals surface area contributed by atoms with E-state index in [-0.39, 0.29) is 5.91 Å². The molecular weight excluding hydrogens is 212 g/mol. The number of hydrogen-bond donors (Lipinski definition) is 1. The number of nitrogens with zero attached hydrogens (tertiary/aromatic N) is 1. The van der Waals surface area contributed by atoms with Crippen molar-refractivity contribution >= 4 is 16.8 Å². The first kappa shape index (κ1) is 11.7. The maximum atomic E-state index is 10.8. The minimum Gasteiger partial charge on any atom is -0.356 e. The summed E-state index contributed by atoms with van der Waals surface area (Å²) in [5.74, 6) is 0.0408. The second-order valence-corrected chi connectivity index (χ2v) is 4.33. The third kappa shape index (κ3) is 2.67. The van der Waals surface area contributed by atoms with E-state index in [1.165, 1.54) is 16.6 Å². The molecule has 0 saturated heterocycles. The Morgan fingerprint density at radius 3 is 2.88 bits per heavy atom. The predicted octanol–water partition coefficient (Wildman–Crippen LogP) is 2.48. The first-order valence-electron chi connectivity index (χ1n) is 5.98. The molecule has 3 heteroatoms. The van der Waals surface area contributed by atoms with Crippen molar-refractivity contribution in [3.63, 3.8) is 0 Å². The molecule has 1 aromatic heterocycles. The van der Waals surface area contributed by atoms with Crippen molar-refractivity contribution in [2.45, 2.75) is 26.8 Å². The zero-order chi connectivity index (χ0) is 12.3. The van der Waals surface area contributed by atoms with Crippen LogP contribution in [0.25, 0.3) is 10.9 Å². The van der Waals surface area contributed by atoms with Crippen molar-refractivity contribution < 1.29 is 4.79 Å². The van der Waals surface area contributed by atoms with Gasteiger partial charge in [-0.15, -0.1) is 0 Å². The van der Waals surface area contributed by atoms with E-state index >= 15 is 0 Å². The number of carbonyl (C=O) groups excluding carboxylic acids is 1. The Morgan fingerprint density at radius 1 is 1.35 bits per heavy atom. The van der Waals surface area contributed by atoms with Crippen LogP contribution in [0, 0.1) is 6.92 Å². The summed E-state index contributed by atoms with van der Waals surface area (Å²) in [6.07, 6.45) is 0.957. The van der Waals surface area contributed by atoms with Crippen LogP contribution in [0.3, 0.4) is 0 Å². The highest BCUT2D eigenvalue weighted by Gasteiger charge is 2.04. The number of benzene rings is 1. The number of hydrogen-bond acceptors (Lipinski definition) is 1. The Kier molecular flexibility index (Phi) is 3.47. The van der Waals surface area contributed by atoms with Crippen molar-refractivity contribution in [1.29, 1.82) is 0 Å². The molecule has 0 fully saturated rings. The Morgan fingerprint density at radius 2 is 2.12 bits per heavy atom. The third-order valence-corrected chi connectivity index (χ3v) is 2.95. The van der Waals surface area contributed by atoms with E-state index in [0.717, 1.165) is 19.5 Å². The van der Waals surface area contributed by atoms with E-state index < -0.39 is 0 Å². The normalized spacial score (nSPS) is 10.7. The maximum absolute atomic E-state index is 10.8. The van der Waals surface area contributed by atoms with Crippen LogP contribution in [-0.2, 0) is 11.3 Å². The molecule has 1 N–H and O–H groups in total. The standard InChI is InChI=1S/C14H18N2O/c1-11-10-13-6-3-4-7-14(13)16(11)9-5-8-15-12(2)17/h3-4,6-7,10H,5,8-9H2,1-2H3,(H,15,17). The number of fused-ring (bicyclic) bond motifs is 1. The van der Waals surface area contributed by atoms with Crippen LogP contribution in [0.15, 0.2) is 30.3 Å². The molecule has 0 aliphatic carbocycles. The summed E-state index contributed by atoms with van der Waals surface area (Å²) in [7, 11) is 0. The van der Waals surface area contributed by atoms with Gasteiger partial charge >= 0.3 is 0 Å². The van der Waals surface area contributed by atoms with Gasteiger partial charge in [0, 0.05) is 31.2 Å². The van der Waals surface area contributed by atoms with Crippen LogP contribution in [0.5, 0.6) is 0 Å². The predicted molar refractivity (Wildman–Crippen MR) is 70.0 cm³/mol. The number of nitrogens with one attached hydrogen (secondary N) is 1. The molecule has 0 bridgehead atoms. The molecular formula is C14H18N2O. The molecule has 0 saturated carbocycles. The van der Waals surface area contributed by atoms with Gasteiger partial charge in [0.15, 0.2) is 0 Å². The van der Waals surface area contributed by atoms with Crippen LogP contribution >= 0.6 is 0 Å². The van der Waals surface area contributed by atoms with Crippen LogP contribution in [0.4, 0.5) is 0 Å². The smallest absolute Gasteiger partial charge is 0.216 e. The fourth-order valence-electron chi connectivity index (χ4n) is 2.15. The summed E-state index contributed by atoms with van der Waals surface area (Å²) in [5, 5.41) is 4.11. The number of aryl methyl sites for hydroxylation is 2. The molecule has 2 rings (SSSR count). The molecule has 1 aromatic carbocycles. The van der Waals surface area contributed by atoms with Crippen LogP contribution in [-0.4, -0.2) is 17.0 Å². The Labute approximate surface area is 101 Å². The van der Waals surface area contributed by atoms with E-state index in [0.29, 0.717) is 0 Å². The molecule has 2 aromatic rings. The molecule has 1 amide bonds. The van der Waals surface area contributed by atoms with Gasteiger partial charge in [-0.2, -0.15) is 0 Å². The number of carbonyl (C=O) groups is 1. The van der Waals surface area contributed by atoms with Crippen molar-refractivity contribution in [2.75, 3.05) is 6.54 Å². The van der Waals surface area contributed by atoms with Gasteiger partial charge in [0.05, 0.1) is 0 Å². The minimum atomic E-state index is 0.0408. The van der Waals surface area contributed by atoms with Crippen molar-refractivity contribution in [2.24, 2.45) is 0 Å². The molecule has 0 spiro atoms. The summed E-state index contributed by atoms with van der Waals surface area (Å²) in [5.41, 5.74) is 2.54. The Hall–Kier alpha value is -1.77. The van der Waals surface area contributed by atoms with Crippen LogP contribution in [0.1, 0.15) is 19.0 Å². The Bertz CT molecular complexity index is 528. The highest BCUT2D eigenvalue weighted by atomic mass is 16.1. The van der Waals surface area contributed by atoms with Gasteiger partial charge in [-0.25, -0.2) is 0 Å². The molecule has 0 atom stereocenters. The van der Waals surface area contributed by atoms with Gasteiger partial charge < -0.3 is 9.88 Å². The molecule has 0 radical (unpaired) electrons. The zero-order valence-electron chi connectivity index (χ0n) is 10.4. The first-order chi connectivity index (χ1) is 8.18. The van der Waals surface area contributed by atoms with Crippen molar-refractivity contribution in [3.8, 4) is 0 Å². The number of rotatable bonds is 4. The zero-order valence-corrected chi connectivity index (χ0v) is 10.4. The fraction of sp³-hybridized carbons (Fsp3) is 0.357. The largest absolute Gasteiger partial charge is 0.356 e. The van der Waals surface area contributed by atoms with Crippen LogP contribution in [0.2, 0.25) is 0 Å². The molecule has 90 valence electrons. The van der Waals surface area contributed by atoms with E-state index in [9.17, 15) is 4.79 Å². The minimum absolute atomic E-state index is 0.0408. The number of para-hydroxylation sites is 1. The lowest BCUT2D eigenvalue weighted by molar-refractivity contribution is -0.118. The van der Waals surface area contributed by atoms with E-state index in [1.54, 1.807) is 6.92 Å². The topological polar surface area (TPSA) is 34.0 Å². The lowest BCUT2D eigenvalue weighted by atomic mass is 10.2. The van der Waals surface area contributed by atoms with Crippen LogP contribution < -0.4 is 5.32 Å². The Balaban J connectivity index is 2.07. The first-order valence-corrected chi connectivity index (χ1v) is 5.98. The second kappa shape index (κ2) is 5.04. The van der Waals surface area contributed by atoms with Gasteiger partial charge in [-0.3, -0.25) is 4.79 Å². The van der Waals surface area contributed by atoms with Crippen molar-refractivity contribution in [1.82, 2.24) is 9.88 Å². The lowest BCUT2D eigenvalue weighted by Crippen LogP contribution is -2.22. The summed E-state index contributed by atoms with van der Waals surface area (Å²) in [6, 6.07) is 10.6. The average molecular weight is 230 g/mol. The number of amides is 1. The molecule has 0 unspecified atom stereocenters. The van der Waals surface area contributed by atoms with Gasteiger partial charge in [0.2, 0.25) is 5.91 Å². The monoisotopic (exact) mass is 230 g/mol. The molecule has 0 aliphatic rings. The third-order valence-electron chi connectivity index (χ3n) is 2.95. The average Bonchev–Trinajstić information content (AvgIpc) is 2.60. The lowest BCUT2D eigenvalue weighted by Gasteiger charge is -2.08. The maximum Gasteiger partial charge on any atom is 0.216 e. The number of aromatic nitrogens is 1. The molecule has 17 heavy (non-hydrogen) atoms. The highest BCUT2D eigenvalue weighted by Crippen LogP contribution is 2.19. The van der Waals surface area contributed by atoms with E-state index in [2.05, 4.69) is 47.1 Å². The van der Waals surface area contributed by atoms with Gasteiger partial charge in [-0.1, -0.05) is 18.2 Å². The fourth-order valence-corrected chi connectivity index (χ4v) is 2.15. The summed E-state index contributed by atoms with van der Waals surface area (Å²) < 4.78 is 2.30. The van der Waals surface area contributed by atoms with Crippen molar-refractivity contribution in [3.05, 3.63) is 36.0 Å². The summed E-state index contributed by atoms with van der Waals surface area (Å²) in [4.78, 5) is 10.8. The van der Waals surface area contributed by atoms with E-state index in [1.807, 2.05) is 0 Å². The SMILES string of the molecule is CC(=O)NCCCn1c(C)cc2ccccc21. The quantitative estimate of drug-likeness (QED) is 0.804. The van der Waals surface area contributed by atoms with Gasteiger partial charge in [0.25, 0.3) is 0 Å². The van der Waals surface area contributed by atoms with Gasteiger partial charge in [0.1, 0.15) is 0 Å². The molecule has 1 heterocycles. The molecule has 0 aliphatic heterocycles. The van der Waals surface area contributed by atoms with E-state index in [4.69, 9.17) is 0 Å². The summed E-state index contributed by atoms with van der Waals surface area (Å²) in [6.45, 7) is 5.36. The highest BCUT2D eigenvalue weighted by molar-refractivity contribution is 5.81. The van der Waals surface area contributed by atoms with Gasteiger partial charge in [-0.05, 0) is 30.9 Å². The summed E-state index contributed by atoms with van der Waals surface area (Å²) >= 11 is 0.